The van der Waals surface area contributed by atoms with Crippen LogP contribution in [0.5, 0.6) is 5.75 Å². The minimum absolute atomic E-state index is 0.220. The van der Waals surface area contributed by atoms with Gasteiger partial charge in [0.2, 0.25) is 0 Å². The van der Waals surface area contributed by atoms with Crippen molar-refractivity contribution in [1.82, 2.24) is 0 Å². The van der Waals surface area contributed by atoms with Gasteiger partial charge in [-0.1, -0.05) is 0 Å². The van der Waals surface area contributed by atoms with Crippen molar-refractivity contribution in [3.63, 3.8) is 0 Å². The Morgan fingerprint density at radius 3 is 2.43 bits per heavy atom. The topological polar surface area (TPSA) is 9.23 Å². The zero-order chi connectivity index (χ0) is 14.5. The quantitative estimate of drug-likeness (QED) is 0.481. The van der Waals surface area contributed by atoms with Crippen molar-refractivity contribution in [2.75, 3.05) is 7.11 Å². The van der Waals surface area contributed by atoms with Crippen LogP contribution in [-0.2, 0) is 0 Å². The van der Waals surface area contributed by atoms with Gasteiger partial charge in [0, 0.05) is 0 Å². The van der Waals surface area contributed by atoms with E-state index in [1.165, 1.54) is 9.14 Å². The minimum atomic E-state index is -0.220. The zero-order valence-corrected chi connectivity index (χ0v) is 14.0. The summed E-state index contributed by atoms with van der Waals surface area (Å²) in [6.45, 7) is 0. The van der Waals surface area contributed by atoms with Crippen molar-refractivity contribution in [2.45, 2.75) is 0 Å². The molecular formula is C19H14OTe. The Hall–Kier alpha value is -1.93. The number of para-hydroxylation sites is 1. The van der Waals surface area contributed by atoms with Crippen LogP contribution in [-0.4, -0.2) is 27.5 Å². The van der Waals surface area contributed by atoms with Crippen LogP contribution in [0.1, 0.15) is 11.1 Å². The molecule has 1 aromatic heterocycles. The van der Waals surface area contributed by atoms with Gasteiger partial charge >= 0.3 is 135 Å². The van der Waals surface area contributed by atoms with Crippen LogP contribution in [0.3, 0.4) is 0 Å². The number of hydrogen-bond donors (Lipinski definition) is 0. The molecule has 0 atom stereocenters. The third-order valence-electron chi connectivity index (χ3n) is 3.12. The molecule has 2 heteroatoms. The summed E-state index contributed by atoms with van der Waals surface area (Å²) < 4.78 is 9.31. The number of rotatable bonds is 2. The molecule has 0 N–H and O–H groups in total. The summed E-state index contributed by atoms with van der Waals surface area (Å²) in [4.78, 5) is 0. The molecule has 0 fully saturated rings. The SMILES string of the molecule is COc1c(C#Cc2ccccc2)cccc1-c1ccc[te]1. The molecule has 0 saturated carbocycles. The number of hydrogen-bond acceptors (Lipinski definition) is 1. The second-order valence-electron chi connectivity index (χ2n) is 4.48. The first-order valence-corrected chi connectivity index (χ1v) is 9.17. The van der Waals surface area contributed by atoms with E-state index in [1.807, 2.05) is 36.4 Å². The Kier molecular flexibility index (Phi) is 4.46. The van der Waals surface area contributed by atoms with Crippen LogP contribution in [0.4, 0.5) is 0 Å². The summed E-state index contributed by atoms with van der Waals surface area (Å²) in [6.07, 6.45) is 0. The summed E-state index contributed by atoms with van der Waals surface area (Å²) in [7, 11) is 1.72. The molecule has 3 aromatic rings. The second kappa shape index (κ2) is 6.68. The molecule has 1 nitrogen and oxygen atoms in total. The molecule has 0 aliphatic carbocycles. The molecule has 0 spiro atoms. The molecule has 1 heterocycles. The van der Waals surface area contributed by atoms with E-state index in [4.69, 9.17) is 4.74 Å². The van der Waals surface area contributed by atoms with Crippen LogP contribution < -0.4 is 4.74 Å². The van der Waals surface area contributed by atoms with E-state index >= 15 is 0 Å². The van der Waals surface area contributed by atoms with Crippen molar-refractivity contribution in [2.24, 2.45) is 0 Å². The van der Waals surface area contributed by atoms with Crippen molar-refractivity contribution in [1.29, 1.82) is 0 Å². The fraction of sp³-hybridized carbons (Fsp3) is 0.0526. The van der Waals surface area contributed by atoms with Crippen molar-refractivity contribution in [3.8, 4) is 26.7 Å². The van der Waals surface area contributed by atoms with E-state index in [1.54, 1.807) is 7.11 Å². The third-order valence-corrected chi connectivity index (χ3v) is 5.70. The Balaban J connectivity index is 2.04. The Morgan fingerprint density at radius 2 is 1.71 bits per heavy atom. The summed E-state index contributed by atoms with van der Waals surface area (Å²) in [5.74, 6) is 7.32. The first-order chi connectivity index (χ1) is 10.4. The van der Waals surface area contributed by atoms with E-state index < -0.39 is 0 Å². The van der Waals surface area contributed by atoms with Gasteiger partial charge in [0.15, 0.2) is 0 Å². The molecule has 0 aliphatic heterocycles. The molecule has 21 heavy (non-hydrogen) atoms. The van der Waals surface area contributed by atoms with Crippen molar-refractivity contribution >= 4 is 20.4 Å². The Bertz CT molecular complexity index is 777. The molecule has 0 unspecified atom stereocenters. The van der Waals surface area contributed by atoms with Gasteiger partial charge in [-0.15, -0.1) is 0 Å². The molecule has 0 amide bonds. The van der Waals surface area contributed by atoms with E-state index in [9.17, 15) is 0 Å². The van der Waals surface area contributed by atoms with Crippen LogP contribution in [0.2, 0.25) is 0 Å². The Labute approximate surface area is 134 Å². The monoisotopic (exact) mass is 388 g/mol. The third kappa shape index (κ3) is 3.22. The zero-order valence-electron chi connectivity index (χ0n) is 11.7. The van der Waals surface area contributed by atoms with Crippen LogP contribution in [0, 0.1) is 11.8 Å². The van der Waals surface area contributed by atoms with Crippen LogP contribution >= 0.6 is 0 Å². The second-order valence-corrected chi connectivity index (χ2v) is 7.18. The summed E-state index contributed by atoms with van der Waals surface area (Å²) in [5.41, 5.74) is 3.14. The van der Waals surface area contributed by atoms with E-state index in [2.05, 4.69) is 40.2 Å². The van der Waals surface area contributed by atoms with Crippen LogP contribution in [0.15, 0.2) is 64.7 Å². The van der Waals surface area contributed by atoms with Crippen LogP contribution in [0.25, 0.3) is 9.14 Å². The maximum absolute atomic E-state index is 5.63. The van der Waals surface area contributed by atoms with Crippen molar-refractivity contribution < 1.29 is 4.74 Å². The predicted octanol–water partition coefficient (Wildman–Crippen LogP) is 3.82. The van der Waals surface area contributed by atoms with E-state index in [-0.39, 0.29) is 20.4 Å². The van der Waals surface area contributed by atoms with Gasteiger partial charge in [0.25, 0.3) is 0 Å². The summed E-state index contributed by atoms with van der Waals surface area (Å²) >= 11 is -0.220. The summed E-state index contributed by atoms with van der Waals surface area (Å²) in [5, 5.41) is 0. The molecule has 3 rings (SSSR count). The van der Waals surface area contributed by atoms with Gasteiger partial charge in [0.1, 0.15) is 0 Å². The number of benzene rings is 2. The number of methoxy groups -OCH3 is 1. The van der Waals surface area contributed by atoms with Gasteiger partial charge in [-0.3, -0.25) is 0 Å². The normalized spacial score (nSPS) is 9.76. The predicted molar refractivity (Wildman–Crippen MR) is 87.8 cm³/mol. The van der Waals surface area contributed by atoms with E-state index in [0.717, 1.165) is 16.9 Å². The number of ether oxygens (including phenoxy) is 1. The van der Waals surface area contributed by atoms with Crippen molar-refractivity contribution in [3.05, 3.63) is 75.9 Å². The van der Waals surface area contributed by atoms with Gasteiger partial charge in [-0.2, -0.15) is 0 Å². The van der Waals surface area contributed by atoms with Gasteiger partial charge in [0.05, 0.1) is 0 Å². The molecule has 2 aromatic carbocycles. The van der Waals surface area contributed by atoms with Gasteiger partial charge < -0.3 is 0 Å². The first kappa shape index (κ1) is 14.0. The molecule has 0 bridgehead atoms. The maximum atomic E-state index is 5.63. The Morgan fingerprint density at radius 1 is 0.857 bits per heavy atom. The van der Waals surface area contributed by atoms with Gasteiger partial charge in [-0.25, -0.2) is 0 Å². The fourth-order valence-electron chi connectivity index (χ4n) is 2.14. The molecule has 0 saturated heterocycles. The molecular weight excluding hydrogens is 372 g/mol. The molecule has 0 aliphatic rings. The molecule has 102 valence electrons. The first-order valence-electron chi connectivity index (χ1n) is 6.66. The average Bonchev–Trinajstić information content (AvgIpc) is 3.07. The fourth-order valence-corrected chi connectivity index (χ4v) is 4.28. The standard InChI is InChI=1S/C19H14OTe/c1-20-19-16(13-12-15-7-3-2-4-8-15)9-5-10-17(19)18-11-6-14-21-18/h2-11,14H,1H3. The molecule has 0 radical (unpaired) electrons. The van der Waals surface area contributed by atoms with E-state index in [0.29, 0.717) is 0 Å². The average molecular weight is 386 g/mol. The summed E-state index contributed by atoms with van der Waals surface area (Å²) in [6, 6.07) is 20.5. The van der Waals surface area contributed by atoms with Gasteiger partial charge in [-0.05, 0) is 0 Å².